The first-order chi connectivity index (χ1) is 9.18. The molecule has 0 atom stereocenters. The maximum Gasteiger partial charge on any atom is 0.245 e. The van der Waals surface area contributed by atoms with Gasteiger partial charge in [-0.1, -0.05) is 0 Å². The molecule has 0 radical (unpaired) electrons. The predicted octanol–water partition coefficient (Wildman–Crippen LogP) is 2.50. The summed E-state index contributed by atoms with van der Waals surface area (Å²) in [5, 5.41) is 3.96. The van der Waals surface area contributed by atoms with E-state index in [1.165, 1.54) is 6.20 Å². The second-order valence-electron chi connectivity index (χ2n) is 4.60. The summed E-state index contributed by atoms with van der Waals surface area (Å²) in [6, 6.07) is 5.37. The number of nitrogens with zero attached hydrogens (tertiary/aromatic N) is 2. The fourth-order valence-corrected chi connectivity index (χ4v) is 4.27. The van der Waals surface area contributed by atoms with Crippen LogP contribution in [-0.2, 0) is 16.6 Å². The van der Waals surface area contributed by atoms with E-state index in [9.17, 15) is 8.42 Å². The Morgan fingerprint density at radius 2 is 2.21 bits per heavy atom. The molecule has 0 bridgehead atoms. The van der Waals surface area contributed by atoms with Gasteiger partial charge in [0.05, 0.1) is 0 Å². The third-order valence-electron chi connectivity index (χ3n) is 3.11. The molecule has 2 aromatic heterocycles. The van der Waals surface area contributed by atoms with Gasteiger partial charge in [0.2, 0.25) is 10.0 Å². The molecule has 1 saturated carbocycles. The van der Waals surface area contributed by atoms with Crippen molar-refractivity contribution in [3.8, 4) is 0 Å². The molecule has 1 fully saturated rings. The number of hydrogen-bond donors (Lipinski definition) is 0. The Morgan fingerprint density at radius 1 is 1.37 bits per heavy atom. The van der Waals surface area contributed by atoms with Crippen molar-refractivity contribution in [2.75, 3.05) is 0 Å². The van der Waals surface area contributed by atoms with Gasteiger partial charge in [-0.05, 0) is 47.4 Å². The van der Waals surface area contributed by atoms with Gasteiger partial charge in [0, 0.05) is 25.0 Å². The molecule has 0 N–H and O–H groups in total. The molecule has 0 amide bonds. The summed E-state index contributed by atoms with van der Waals surface area (Å²) < 4.78 is 26.9. The first-order valence-corrected chi connectivity index (χ1v) is 8.49. The molecule has 0 aromatic carbocycles. The molecule has 2 heterocycles. The quantitative estimate of drug-likeness (QED) is 0.851. The molecule has 100 valence electrons. The van der Waals surface area contributed by atoms with Gasteiger partial charge in [0.15, 0.2) is 0 Å². The lowest BCUT2D eigenvalue weighted by Crippen LogP contribution is -2.32. The van der Waals surface area contributed by atoms with Gasteiger partial charge < -0.3 is 0 Å². The topological polar surface area (TPSA) is 50.3 Å². The van der Waals surface area contributed by atoms with Crippen molar-refractivity contribution in [1.29, 1.82) is 0 Å². The van der Waals surface area contributed by atoms with Crippen molar-refractivity contribution in [3.63, 3.8) is 0 Å². The van der Waals surface area contributed by atoms with Crippen LogP contribution in [-0.4, -0.2) is 23.7 Å². The summed E-state index contributed by atoms with van der Waals surface area (Å²) in [6.07, 6.45) is 4.89. The zero-order chi connectivity index (χ0) is 13.3. The van der Waals surface area contributed by atoms with Gasteiger partial charge >= 0.3 is 0 Å². The number of hydrogen-bond acceptors (Lipinski definition) is 4. The zero-order valence-electron chi connectivity index (χ0n) is 10.3. The number of thiophene rings is 1. The summed E-state index contributed by atoms with van der Waals surface area (Å²) in [5.74, 6) is 0. The van der Waals surface area contributed by atoms with E-state index in [2.05, 4.69) is 4.98 Å². The van der Waals surface area contributed by atoms with Gasteiger partial charge in [0.1, 0.15) is 4.90 Å². The molecule has 3 rings (SSSR count). The largest absolute Gasteiger partial charge is 0.263 e. The number of rotatable bonds is 5. The Hall–Kier alpha value is -1.24. The van der Waals surface area contributed by atoms with Crippen molar-refractivity contribution in [3.05, 3.63) is 46.9 Å². The zero-order valence-corrected chi connectivity index (χ0v) is 11.9. The monoisotopic (exact) mass is 294 g/mol. The summed E-state index contributed by atoms with van der Waals surface area (Å²) in [7, 11) is -3.44. The second-order valence-corrected chi connectivity index (χ2v) is 7.27. The van der Waals surface area contributed by atoms with E-state index >= 15 is 0 Å². The fourth-order valence-electron chi connectivity index (χ4n) is 1.97. The Bertz CT molecular complexity index is 635. The molecule has 4 nitrogen and oxygen atoms in total. The third kappa shape index (κ3) is 2.70. The van der Waals surface area contributed by atoms with Crippen molar-refractivity contribution in [2.45, 2.75) is 30.3 Å². The fraction of sp³-hybridized carbons (Fsp3) is 0.308. The average Bonchev–Trinajstić information content (AvgIpc) is 3.13. The molecule has 1 aliphatic carbocycles. The average molecular weight is 294 g/mol. The standard InChI is InChI=1S/C13H14N2O2S2/c16-19(17,13-2-1-6-14-8-13)15(12-3-4-12)9-11-5-7-18-10-11/h1-2,5-8,10,12H,3-4,9H2. The number of pyridine rings is 1. The molecule has 0 saturated heterocycles. The smallest absolute Gasteiger partial charge is 0.245 e. The maximum absolute atomic E-state index is 12.6. The molecule has 6 heteroatoms. The van der Waals surface area contributed by atoms with Crippen LogP contribution in [0.5, 0.6) is 0 Å². The van der Waals surface area contributed by atoms with Gasteiger partial charge in [-0.15, -0.1) is 0 Å². The number of sulfonamides is 1. The molecular formula is C13H14N2O2S2. The summed E-state index contributed by atoms with van der Waals surface area (Å²) >= 11 is 1.59. The second kappa shape index (κ2) is 5.03. The summed E-state index contributed by atoms with van der Waals surface area (Å²) in [4.78, 5) is 4.18. The van der Waals surface area contributed by atoms with Crippen LogP contribution >= 0.6 is 11.3 Å². The van der Waals surface area contributed by atoms with Crippen LogP contribution in [0.2, 0.25) is 0 Å². The van der Waals surface area contributed by atoms with Crippen LogP contribution in [0.3, 0.4) is 0 Å². The van der Waals surface area contributed by atoms with Crippen LogP contribution < -0.4 is 0 Å². The van der Waals surface area contributed by atoms with Crippen LogP contribution in [0.4, 0.5) is 0 Å². The van der Waals surface area contributed by atoms with Crippen LogP contribution in [0.1, 0.15) is 18.4 Å². The van der Waals surface area contributed by atoms with Crippen LogP contribution in [0.15, 0.2) is 46.2 Å². The van der Waals surface area contributed by atoms with E-state index in [1.54, 1.807) is 34.0 Å². The lowest BCUT2D eigenvalue weighted by atomic mass is 10.3. The molecule has 0 unspecified atom stereocenters. The number of aromatic nitrogens is 1. The first-order valence-electron chi connectivity index (χ1n) is 6.11. The van der Waals surface area contributed by atoms with Crippen molar-refractivity contribution in [2.24, 2.45) is 0 Å². The Balaban J connectivity index is 1.92. The van der Waals surface area contributed by atoms with E-state index in [0.717, 1.165) is 18.4 Å². The van der Waals surface area contributed by atoms with E-state index in [-0.39, 0.29) is 10.9 Å². The normalized spacial score (nSPS) is 15.8. The van der Waals surface area contributed by atoms with E-state index in [4.69, 9.17) is 0 Å². The lowest BCUT2D eigenvalue weighted by Gasteiger charge is -2.21. The van der Waals surface area contributed by atoms with Crippen LogP contribution in [0, 0.1) is 0 Å². The molecule has 19 heavy (non-hydrogen) atoms. The SMILES string of the molecule is O=S(=O)(c1cccnc1)N(Cc1ccsc1)C1CC1. The first kappa shape index (κ1) is 12.8. The maximum atomic E-state index is 12.6. The van der Waals surface area contributed by atoms with Gasteiger partial charge in [-0.25, -0.2) is 8.42 Å². The van der Waals surface area contributed by atoms with Gasteiger partial charge in [-0.2, -0.15) is 15.6 Å². The predicted molar refractivity (Wildman–Crippen MR) is 74.3 cm³/mol. The minimum Gasteiger partial charge on any atom is -0.263 e. The highest BCUT2D eigenvalue weighted by Crippen LogP contribution is 2.33. The van der Waals surface area contributed by atoms with Gasteiger partial charge in [-0.3, -0.25) is 4.98 Å². The summed E-state index contributed by atoms with van der Waals surface area (Å²) in [6.45, 7) is 0.450. The van der Waals surface area contributed by atoms with Crippen molar-refractivity contribution < 1.29 is 8.42 Å². The van der Waals surface area contributed by atoms with E-state index in [1.807, 2.05) is 16.8 Å². The highest BCUT2D eigenvalue weighted by atomic mass is 32.2. The highest BCUT2D eigenvalue weighted by Gasteiger charge is 2.38. The Labute approximate surface area is 116 Å². The van der Waals surface area contributed by atoms with E-state index < -0.39 is 10.0 Å². The van der Waals surface area contributed by atoms with Crippen molar-refractivity contribution >= 4 is 21.4 Å². The molecular weight excluding hydrogens is 280 g/mol. The van der Waals surface area contributed by atoms with E-state index in [0.29, 0.717) is 6.54 Å². The van der Waals surface area contributed by atoms with Crippen LogP contribution in [0.25, 0.3) is 0 Å². The minimum absolute atomic E-state index is 0.144. The molecule has 1 aliphatic rings. The molecule has 0 spiro atoms. The van der Waals surface area contributed by atoms with Crippen molar-refractivity contribution in [1.82, 2.24) is 9.29 Å². The third-order valence-corrected chi connectivity index (χ3v) is 5.73. The lowest BCUT2D eigenvalue weighted by molar-refractivity contribution is 0.399. The molecule has 0 aliphatic heterocycles. The highest BCUT2D eigenvalue weighted by molar-refractivity contribution is 7.89. The summed E-state index contributed by atoms with van der Waals surface area (Å²) in [5.41, 5.74) is 1.05. The molecule has 2 aromatic rings. The van der Waals surface area contributed by atoms with Gasteiger partial charge in [0.25, 0.3) is 0 Å². The Morgan fingerprint density at radius 3 is 2.79 bits per heavy atom. The minimum atomic E-state index is -3.44. The Kier molecular flexibility index (Phi) is 3.38.